The Balaban J connectivity index is 2.14. The summed E-state index contributed by atoms with van der Waals surface area (Å²) in [5.41, 5.74) is 3.10. The fraction of sp³-hybridized carbons (Fsp3) is 0.417. The Morgan fingerprint density at radius 3 is 3.00 bits per heavy atom. The predicted molar refractivity (Wildman–Crippen MR) is 65.6 cm³/mol. The highest BCUT2D eigenvalue weighted by Crippen LogP contribution is 2.20. The number of hydrogen-bond acceptors (Lipinski definition) is 3. The molecule has 16 heavy (non-hydrogen) atoms. The van der Waals surface area contributed by atoms with Crippen molar-refractivity contribution in [3.63, 3.8) is 0 Å². The molecule has 1 atom stereocenters. The lowest BCUT2D eigenvalue weighted by Gasteiger charge is -2.09. The zero-order valence-corrected chi connectivity index (χ0v) is 10.4. The van der Waals surface area contributed by atoms with Crippen LogP contribution in [0.3, 0.4) is 0 Å². The maximum absolute atomic E-state index is 10.1. The molecule has 4 heteroatoms. The number of rotatable bonds is 4. The molecular weight excluding hydrogens is 220 g/mol. The Morgan fingerprint density at radius 2 is 2.38 bits per heavy atom. The lowest BCUT2D eigenvalue weighted by molar-refractivity contribution is 0.176. The van der Waals surface area contributed by atoms with E-state index in [2.05, 4.69) is 12.0 Å². The van der Waals surface area contributed by atoms with E-state index in [9.17, 15) is 5.11 Å². The molecule has 0 fully saturated rings. The molecule has 2 rings (SSSR count). The van der Waals surface area contributed by atoms with E-state index in [1.807, 2.05) is 34.5 Å². The van der Waals surface area contributed by atoms with E-state index in [-0.39, 0.29) is 0 Å². The van der Waals surface area contributed by atoms with Gasteiger partial charge in [0.25, 0.3) is 0 Å². The summed E-state index contributed by atoms with van der Waals surface area (Å²) in [5, 5.41) is 18.4. The zero-order chi connectivity index (χ0) is 11.5. The zero-order valence-electron chi connectivity index (χ0n) is 9.55. The molecule has 0 saturated heterocycles. The number of thiophene rings is 1. The van der Waals surface area contributed by atoms with Crippen molar-refractivity contribution >= 4 is 11.3 Å². The van der Waals surface area contributed by atoms with Gasteiger partial charge >= 0.3 is 0 Å². The van der Waals surface area contributed by atoms with Gasteiger partial charge in [-0.25, -0.2) is 0 Å². The van der Waals surface area contributed by atoms with Gasteiger partial charge in [0.05, 0.1) is 11.8 Å². The van der Waals surface area contributed by atoms with Gasteiger partial charge in [-0.05, 0) is 42.3 Å². The number of aryl methyl sites for hydroxylation is 2. The Kier molecular flexibility index (Phi) is 3.41. The molecule has 0 bridgehead atoms. The molecule has 0 aliphatic rings. The molecule has 0 amide bonds. The molecule has 2 aromatic heterocycles. The average molecular weight is 236 g/mol. The van der Waals surface area contributed by atoms with Gasteiger partial charge in [-0.1, -0.05) is 0 Å². The molecule has 3 nitrogen and oxygen atoms in total. The molecule has 0 aliphatic heterocycles. The van der Waals surface area contributed by atoms with Crippen molar-refractivity contribution in [2.75, 3.05) is 0 Å². The van der Waals surface area contributed by atoms with Crippen LogP contribution in [0.2, 0.25) is 0 Å². The molecular formula is C12H16N2OS. The second-order valence-corrected chi connectivity index (χ2v) is 4.65. The number of aromatic nitrogens is 2. The third-order valence-electron chi connectivity index (χ3n) is 2.62. The fourth-order valence-corrected chi connectivity index (χ4v) is 2.52. The van der Waals surface area contributed by atoms with Gasteiger partial charge in [0.15, 0.2) is 0 Å². The summed E-state index contributed by atoms with van der Waals surface area (Å²) in [6, 6.07) is 4.01. The maximum atomic E-state index is 10.1. The number of nitrogens with zero attached hydrogens (tertiary/aromatic N) is 2. The monoisotopic (exact) mass is 236 g/mol. The lowest BCUT2D eigenvalue weighted by atomic mass is 10.1. The number of hydrogen-bond donors (Lipinski definition) is 1. The Labute approximate surface area is 99.4 Å². The van der Waals surface area contributed by atoms with E-state index in [1.165, 1.54) is 0 Å². The molecule has 1 unspecified atom stereocenters. The molecule has 0 aromatic carbocycles. The van der Waals surface area contributed by atoms with Crippen LogP contribution < -0.4 is 0 Å². The molecule has 1 N–H and O–H groups in total. The van der Waals surface area contributed by atoms with Gasteiger partial charge < -0.3 is 5.11 Å². The van der Waals surface area contributed by atoms with E-state index in [4.69, 9.17) is 0 Å². The third-order valence-corrected chi connectivity index (χ3v) is 3.32. The molecule has 0 radical (unpaired) electrons. The molecule has 2 aromatic rings. The first kappa shape index (κ1) is 11.4. The van der Waals surface area contributed by atoms with Crippen LogP contribution in [-0.2, 0) is 13.0 Å². The molecule has 0 aliphatic carbocycles. The van der Waals surface area contributed by atoms with Crippen LogP contribution in [0.4, 0.5) is 0 Å². The van der Waals surface area contributed by atoms with Crippen LogP contribution in [0.1, 0.15) is 30.0 Å². The van der Waals surface area contributed by atoms with Gasteiger partial charge in [0.2, 0.25) is 0 Å². The van der Waals surface area contributed by atoms with Crippen LogP contribution in [0.5, 0.6) is 0 Å². The lowest BCUT2D eigenvalue weighted by Crippen LogP contribution is -2.07. The second kappa shape index (κ2) is 4.80. The number of aliphatic hydroxyl groups is 1. The maximum Gasteiger partial charge on any atom is 0.0853 e. The van der Waals surface area contributed by atoms with Crippen molar-refractivity contribution in [3.05, 3.63) is 39.8 Å². The number of aliphatic hydroxyl groups excluding tert-OH is 1. The summed E-state index contributed by atoms with van der Waals surface area (Å²) >= 11 is 1.61. The quantitative estimate of drug-likeness (QED) is 0.886. The highest BCUT2D eigenvalue weighted by atomic mass is 32.1. The van der Waals surface area contributed by atoms with Gasteiger partial charge in [0, 0.05) is 18.7 Å². The van der Waals surface area contributed by atoms with Crippen molar-refractivity contribution < 1.29 is 5.11 Å². The van der Waals surface area contributed by atoms with Crippen LogP contribution in [-0.4, -0.2) is 14.9 Å². The second-order valence-electron chi connectivity index (χ2n) is 3.87. The summed E-state index contributed by atoms with van der Waals surface area (Å²) in [7, 11) is 0. The van der Waals surface area contributed by atoms with E-state index in [0.717, 1.165) is 23.5 Å². The van der Waals surface area contributed by atoms with Crippen LogP contribution in [0, 0.1) is 6.92 Å². The van der Waals surface area contributed by atoms with Crippen molar-refractivity contribution in [2.45, 2.75) is 32.9 Å². The SMILES string of the molecule is CCn1nc(C)cc1CC(O)c1ccsc1. The topological polar surface area (TPSA) is 38.0 Å². The molecule has 2 heterocycles. The predicted octanol–water partition coefficient (Wildman–Crippen LogP) is 2.55. The average Bonchev–Trinajstić information content (AvgIpc) is 2.87. The highest BCUT2D eigenvalue weighted by Gasteiger charge is 2.12. The normalized spacial score (nSPS) is 12.9. The summed E-state index contributed by atoms with van der Waals surface area (Å²) in [6.45, 7) is 4.89. The minimum atomic E-state index is -0.423. The Hall–Kier alpha value is -1.13. The largest absolute Gasteiger partial charge is 0.388 e. The highest BCUT2D eigenvalue weighted by molar-refractivity contribution is 7.07. The molecule has 86 valence electrons. The van der Waals surface area contributed by atoms with Crippen molar-refractivity contribution in [3.8, 4) is 0 Å². The Bertz CT molecular complexity index is 448. The molecule has 0 spiro atoms. The van der Waals surface area contributed by atoms with Crippen LogP contribution in [0.15, 0.2) is 22.9 Å². The fourth-order valence-electron chi connectivity index (χ4n) is 1.82. The van der Waals surface area contributed by atoms with Gasteiger partial charge in [-0.15, -0.1) is 0 Å². The van der Waals surface area contributed by atoms with Gasteiger partial charge in [-0.2, -0.15) is 16.4 Å². The van der Waals surface area contributed by atoms with E-state index in [1.54, 1.807) is 11.3 Å². The minimum Gasteiger partial charge on any atom is -0.388 e. The first-order valence-electron chi connectivity index (χ1n) is 5.44. The summed E-state index contributed by atoms with van der Waals surface area (Å²) < 4.78 is 1.95. The summed E-state index contributed by atoms with van der Waals surface area (Å²) in [5.74, 6) is 0. The smallest absolute Gasteiger partial charge is 0.0853 e. The van der Waals surface area contributed by atoms with Crippen LogP contribution in [0.25, 0.3) is 0 Å². The van der Waals surface area contributed by atoms with Gasteiger partial charge in [-0.3, -0.25) is 4.68 Å². The first-order chi connectivity index (χ1) is 7.70. The minimum absolute atomic E-state index is 0.423. The van der Waals surface area contributed by atoms with E-state index >= 15 is 0 Å². The van der Waals surface area contributed by atoms with Crippen molar-refractivity contribution in [2.24, 2.45) is 0 Å². The summed E-state index contributed by atoms with van der Waals surface area (Å²) in [6.07, 6.45) is 0.207. The van der Waals surface area contributed by atoms with Crippen molar-refractivity contribution in [1.82, 2.24) is 9.78 Å². The summed E-state index contributed by atoms with van der Waals surface area (Å²) in [4.78, 5) is 0. The third kappa shape index (κ3) is 2.33. The van der Waals surface area contributed by atoms with Crippen LogP contribution >= 0.6 is 11.3 Å². The first-order valence-corrected chi connectivity index (χ1v) is 6.38. The Morgan fingerprint density at radius 1 is 1.56 bits per heavy atom. The standard InChI is InChI=1S/C12H16N2OS/c1-3-14-11(6-9(2)13-14)7-12(15)10-4-5-16-8-10/h4-6,8,12,15H,3,7H2,1-2H3. The van der Waals surface area contributed by atoms with E-state index in [0.29, 0.717) is 6.42 Å². The van der Waals surface area contributed by atoms with Gasteiger partial charge in [0.1, 0.15) is 0 Å². The molecule has 0 saturated carbocycles. The van der Waals surface area contributed by atoms with Crippen molar-refractivity contribution in [1.29, 1.82) is 0 Å². The van der Waals surface area contributed by atoms with E-state index < -0.39 is 6.10 Å².